The summed E-state index contributed by atoms with van der Waals surface area (Å²) in [6, 6.07) is 9.46. The fraction of sp³-hybridized carbons (Fsp3) is 0.684. The maximum absolute atomic E-state index is 3.40. The van der Waals surface area contributed by atoms with Gasteiger partial charge in [-0.2, -0.15) is 0 Å². The highest BCUT2D eigenvalue weighted by molar-refractivity contribution is 5.28. The average molecular weight is 273 g/mol. The lowest BCUT2D eigenvalue weighted by molar-refractivity contribution is 0.228. The van der Waals surface area contributed by atoms with E-state index in [-0.39, 0.29) is 0 Å². The van der Waals surface area contributed by atoms with E-state index in [4.69, 9.17) is 0 Å². The molecule has 0 saturated heterocycles. The van der Waals surface area contributed by atoms with Crippen LogP contribution in [0.1, 0.15) is 69.4 Å². The molecule has 0 amide bonds. The van der Waals surface area contributed by atoms with Crippen molar-refractivity contribution >= 4 is 0 Å². The molecule has 1 saturated carbocycles. The zero-order valence-corrected chi connectivity index (χ0v) is 13.7. The van der Waals surface area contributed by atoms with Gasteiger partial charge < -0.3 is 5.32 Å². The summed E-state index contributed by atoms with van der Waals surface area (Å²) in [5, 5.41) is 3.40. The quantitative estimate of drug-likeness (QED) is 0.801. The van der Waals surface area contributed by atoms with Crippen molar-refractivity contribution in [1.29, 1.82) is 0 Å². The van der Waals surface area contributed by atoms with Gasteiger partial charge in [0.05, 0.1) is 0 Å². The Hall–Kier alpha value is -0.820. The third-order valence-electron chi connectivity index (χ3n) is 5.18. The summed E-state index contributed by atoms with van der Waals surface area (Å²) in [5.41, 5.74) is 3.02. The molecule has 1 fully saturated rings. The van der Waals surface area contributed by atoms with Crippen molar-refractivity contribution < 1.29 is 0 Å². The van der Waals surface area contributed by atoms with Crippen molar-refractivity contribution in [2.24, 2.45) is 11.8 Å². The molecule has 1 aliphatic carbocycles. The van der Waals surface area contributed by atoms with Crippen LogP contribution in [0.15, 0.2) is 24.3 Å². The van der Waals surface area contributed by atoms with E-state index in [2.05, 4.69) is 57.4 Å². The summed E-state index contributed by atoms with van der Waals surface area (Å²) in [6.07, 6.45) is 5.52. The Balaban J connectivity index is 2.16. The van der Waals surface area contributed by atoms with Crippen LogP contribution in [0.25, 0.3) is 0 Å². The van der Waals surface area contributed by atoms with E-state index < -0.39 is 0 Å². The normalized spacial score (nSPS) is 26.9. The summed E-state index contributed by atoms with van der Waals surface area (Å²) in [6.45, 7) is 8.05. The van der Waals surface area contributed by atoms with Gasteiger partial charge in [-0.05, 0) is 61.2 Å². The number of nitrogens with one attached hydrogen (secondary N) is 1. The second-order valence-electron chi connectivity index (χ2n) is 6.83. The number of rotatable bonds is 5. The van der Waals surface area contributed by atoms with E-state index in [1.54, 1.807) is 5.56 Å². The molecule has 3 unspecified atom stereocenters. The Kier molecular flexibility index (Phi) is 5.65. The molecule has 0 aliphatic heterocycles. The smallest absolute Gasteiger partial charge is 0.00177 e. The molecular formula is C19H31N. The Bertz CT molecular complexity index is 393. The van der Waals surface area contributed by atoms with E-state index in [1.165, 1.54) is 31.2 Å². The Morgan fingerprint density at radius 3 is 2.40 bits per heavy atom. The minimum Gasteiger partial charge on any atom is -0.319 e. The minimum absolute atomic E-state index is 0.631. The van der Waals surface area contributed by atoms with Gasteiger partial charge in [-0.15, -0.1) is 0 Å². The Labute approximate surface area is 125 Å². The lowest BCUT2D eigenvalue weighted by Crippen LogP contribution is -2.30. The highest BCUT2D eigenvalue weighted by Gasteiger charge is 2.30. The molecule has 1 nitrogen and oxygen atoms in total. The van der Waals surface area contributed by atoms with Gasteiger partial charge in [0, 0.05) is 0 Å². The van der Waals surface area contributed by atoms with Gasteiger partial charge in [0.15, 0.2) is 0 Å². The molecule has 1 aromatic carbocycles. The molecule has 1 heteroatoms. The zero-order chi connectivity index (χ0) is 14.5. The van der Waals surface area contributed by atoms with E-state index in [1.807, 2.05) is 0 Å². The lowest BCUT2D eigenvalue weighted by atomic mass is 9.70. The van der Waals surface area contributed by atoms with Crippen molar-refractivity contribution in [2.45, 2.75) is 58.3 Å². The maximum Gasteiger partial charge on any atom is -0.00177 e. The van der Waals surface area contributed by atoms with Crippen LogP contribution in [0.2, 0.25) is 0 Å². The van der Waals surface area contributed by atoms with Crippen LogP contribution < -0.4 is 5.32 Å². The molecule has 0 aromatic heterocycles. The fourth-order valence-corrected chi connectivity index (χ4v) is 3.73. The van der Waals surface area contributed by atoms with E-state index in [0.29, 0.717) is 5.92 Å². The first-order valence-electron chi connectivity index (χ1n) is 8.40. The van der Waals surface area contributed by atoms with E-state index in [9.17, 15) is 0 Å². The third-order valence-corrected chi connectivity index (χ3v) is 5.18. The van der Waals surface area contributed by atoms with Gasteiger partial charge in [0.1, 0.15) is 0 Å². The van der Waals surface area contributed by atoms with Crippen LogP contribution in [0.5, 0.6) is 0 Å². The first-order valence-corrected chi connectivity index (χ1v) is 8.40. The van der Waals surface area contributed by atoms with Crippen LogP contribution in [0, 0.1) is 11.8 Å². The van der Waals surface area contributed by atoms with Crippen molar-refractivity contribution in [3.63, 3.8) is 0 Å². The van der Waals surface area contributed by atoms with Crippen molar-refractivity contribution in [3.8, 4) is 0 Å². The van der Waals surface area contributed by atoms with Gasteiger partial charge in [-0.25, -0.2) is 0 Å². The highest BCUT2D eigenvalue weighted by atomic mass is 14.8. The molecule has 0 bridgehead atoms. The minimum atomic E-state index is 0.631. The molecule has 20 heavy (non-hydrogen) atoms. The molecule has 1 aromatic rings. The van der Waals surface area contributed by atoms with Crippen LogP contribution >= 0.6 is 0 Å². The topological polar surface area (TPSA) is 12.0 Å². The van der Waals surface area contributed by atoms with Crippen molar-refractivity contribution in [2.75, 3.05) is 13.6 Å². The molecule has 3 atom stereocenters. The molecule has 1 N–H and O–H groups in total. The van der Waals surface area contributed by atoms with E-state index >= 15 is 0 Å². The molecular weight excluding hydrogens is 242 g/mol. The van der Waals surface area contributed by atoms with Crippen LogP contribution in [-0.4, -0.2) is 13.6 Å². The number of hydrogen-bond donors (Lipinski definition) is 1. The molecule has 112 valence electrons. The third kappa shape index (κ3) is 3.63. The fourth-order valence-electron chi connectivity index (χ4n) is 3.73. The summed E-state index contributed by atoms with van der Waals surface area (Å²) >= 11 is 0. The Morgan fingerprint density at radius 2 is 1.85 bits per heavy atom. The van der Waals surface area contributed by atoms with Crippen LogP contribution in [-0.2, 0) is 0 Å². The predicted octanol–water partition coefficient (Wildman–Crippen LogP) is 4.94. The SMILES string of the molecule is CCC1CCC(CNC)C(c2ccc(C(C)C)cc2)C1. The summed E-state index contributed by atoms with van der Waals surface area (Å²) in [7, 11) is 2.09. The molecule has 2 rings (SSSR count). The largest absolute Gasteiger partial charge is 0.319 e. The second kappa shape index (κ2) is 7.26. The van der Waals surface area contributed by atoms with Gasteiger partial charge in [-0.3, -0.25) is 0 Å². The zero-order valence-electron chi connectivity index (χ0n) is 13.7. The second-order valence-corrected chi connectivity index (χ2v) is 6.83. The van der Waals surface area contributed by atoms with Crippen LogP contribution in [0.4, 0.5) is 0 Å². The average Bonchev–Trinajstić information content (AvgIpc) is 2.48. The monoisotopic (exact) mass is 273 g/mol. The van der Waals surface area contributed by atoms with Crippen LogP contribution in [0.3, 0.4) is 0 Å². The standard InChI is InChI=1S/C19H31N/c1-5-15-6-7-18(13-20-4)19(12-15)17-10-8-16(9-11-17)14(2)3/h8-11,14-15,18-20H,5-7,12-13H2,1-4H3. The highest BCUT2D eigenvalue weighted by Crippen LogP contribution is 2.41. The van der Waals surface area contributed by atoms with E-state index in [0.717, 1.165) is 24.3 Å². The Morgan fingerprint density at radius 1 is 1.15 bits per heavy atom. The van der Waals surface area contributed by atoms with Crippen molar-refractivity contribution in [3.05, 3.63) is 35.4 Å². The molecule has 0 radical (unpaired) electrons. The number of hydrogen-bond acceptors (Lipinski definition) is 1. The summed E-state index contributed by atoms with van der Waals surface area (Å²) < 4.78 is 0. The van der Waals surface area contributed by atoms with Gasteiger partial charge >= 0.3 is 0 Å². The molecule has 1 aliphatic rings. The lowest BCUT2D eigenvalue weighted by Gasteiger charge is -2.36. The number of benzene rings is 1. The maximum atomic E-state index is 3.40. The van der Waals surface area contributed by atoms with Crippen molar-refractivity contribution in [1.82, 2.24) is 5.32 Å². The first-order chi connectivity index (χ1) is 9.65. The summed E-state index contributed by atoms with van der Waals surface area (Å²) in [5.74, 6) is 3.12. The van der Waals surface area contributed by atoms with Gasteiger partial charge in [0.2, 0.25) is 0 Å². The predicted molar refractivity (Wildman–Crippen MR) is 88.3 cm³/mol. The summed E-state index contributed by atoms with van der Waals surface area (Å²) in [4.78, 5) is 0. The van der Waals surface area contributed by atoms with Gasteiger partial charge in [-0.1, -0.05) is 57.9 Å². The molecule has 0 heterocycles. The molecule has 0 spiro atoms. The van der Waals surface area contributed by atoms with Gasteiger partial charge in [0.25, 0.3) is 0 Å². The first kappa shape index (κ1) is 15.6.